The Kier molecular flexibility index (Phi) is 4.26. The molecule has 2 rings (SSSR count). The monoisotopic (exact) mass is 224 g/mol. The van der Waals surface area contributed by atoms with Crippen LogP contribution < -0.4 is 5.32 Å². The molecule has 1 N–H and O–H groups in total. The molecule has 2 saturated heterocycles. The molecule has 0 bridgehead atoms. The van der Waals surface area contributed by atoms with E-state index < -0.39 is 0 Å². The van der Waals surface area contributed by atoms with Crippen LogP contribution in [0.3, 0.4) is 0 Å². The highest BCUT2D eigenvalue weighted by Gasteiger charge is 2.35. The lowest BCUT2D eigenvalue weighted by Crippen LogP contribution is -2.47. The molecule has 2 heteroatoms. The van der Waals surface area contributed by atoms with E-state index in [1.165, 1.54) is 45.2 Å². The fourth-order valence-electron chi connectivity index (χ4n) is 3.65. The quantitative estimate of drug-likeness (QED) is 0.790. The van der Waals surface area contributed by atoms with Crippen molar-refractivity contribution < 1.29 is 0 Å². The molecule has 0 saturated carbocycles. The summed E-state index contributed by atoms with van der Waals surface area (Å²) < 4.78 is 0. The van der Waals surface area contributed by atoms with Gasteiger partial charge in [0.1, 0.15) is 0 Å². The highest BCUT2D eigenvalue weighted by atomic mass is 15.2. The maximum atomic E-state index is 3.70. The van der Waals surface area contributed by atoms with Gasteiger partial charge in [-0.25, -0.2) is 0 Å². The molecule has 94 valence electrons. The molecule has 16 heavy (non-hydrogen) atoms. The second-order valence-corrected chi connectivity index (χ2v) is 6.13. The van der Waals surface area contributed by atoms with Crippen LogP contribution in [0.1, 0.15) is 52.9 Å². The summed E-state index contributed by atoms with van der Waals surface area (Å²) in [7, 11) is 0. The fourth-order valence-corrected chi connectivity index (χ4v) is 3.65. The van der Waals surface area contributed by atoms with Crippen LogP contribution in [0.15, 0.2) is 0 Å². The molecule has 2 aliphatic rings. The zero-order valence-electron chi connectivity index (χ0n) is 11.2. The fraction of sp³-hybridized carbons (Fsp3) is 1.00. The summed E-state index contributed by atoms with van der Waals surface area (Å²) in [6, 6.07) is 2.39. The van der Waals surface area contributed by atoms with Crippen LogP contribution in [-0.2, 0) is 0 Å². The topological polar surface area (TPSA) is 15.3 Å². The van der Waals surface area contributed by atoms with E-state index in [0.29, 0.717) is 0 Å². The molecule has 0 aromatic rings. The summed E-state index contributed by atoms with van der Waals surface area (Å²) in [4.78, 5) is 2.78. The van der Waals surface area contributed by atoms with E-state index in [1.54, 1.807) is 0 Å². The minimum atomic E-state index is 0.773. The van der Waals surface area contributed by atoms with Crippen LogP contribution in [0.2, 0.25) is 0 Å². The number of hydrogen-bond donors (Lipinski definition) is 1. The molecular formula is C14H28N2. The predicted molar refractivity (Wildman–Crippen MR) is 69.7 cm³/mol. The maximum Gasteiger partial charge on any atom is 0.0252 e. The zero-order chi connectivity index (χ0) is 11.5. The molecule has 0 aliphatic carbocycles. The van der Waals surface area contributed by atoms with Crippen molar-refractivity contribution >= 4 is 0 Å². The summed E-state index contributed by atoms with van der Waals surface area (Å²) >= 11 is 0. The summed E-state index contributed by atoms with van der Waals surface area (Å²) in [5.41, 5.74) is 0. The molecular weight excluding hydrogens is 196 g/mol. The van der Waals surface area contributed by atoms with Gasteiger partial charge in [-0.1, -0.05) is 13.8 Å². The van der Waals surface area contributed by atoms with Gasteiger partial charge in [0.2, 0.25) is 0 Å². The number of hydrogen-bond acceptors (Lipinski definition) is 2. The molecule has 0 radical (unpaired) electrons. The summed E-state index contributed by atoms with van der Waals surface area (Å²) in [5, 5.41) is 3.70. The molecule has 0 aromatic heterocycles. The molecule has 2 heterocycles. The van der Waals surface area contributed by atoms with Gasteiger partial charge < -0.3 is 5.32 Å². The predicted octanol–water partition coefficient (Wildman–Crippen LogP) is 2.64. The molecule has 3 unspecified atom stereocenters. The van der Waals surface area contributed by atoms with Gasteiger partial charge in [0.25, 0.3) is 0 Å². The SMILES string of the molecule is CC(C)CC(C)N1CCCC1C1CCCN1. The average Bonchev–Trinajstić information content (AvgIpc) is 2.87. The summed E-state index contributed by atoms with van der Waals surface area (Å²) in [5.74, 6) is 0.827. The van der Waals surface area contributed by atoms with Crippen LogP contribution in [0, 0.1) is 5.92 Å². The van der Waals surface area contributed by atoms with Crippen molar-refractivity contribution in [1.29, 1.82) is 0 Å². The van der Waals surface area contributed by atoms with Crippen LogP contribution in [0.4, 0.5) is 0 Å². The highest BCUT2D eigenvalue weighted by molar-refractivity contribution is 4.93. The highest BCUT2D eigenvalue weighted by Crippen LogP contribution is 2.28. The average molecular weight is 224 g/mol. The Morgan fingerprint density at radius 1 is 1.19 bits per heavy atom. The Labute approximate surface area is 101 Å². The van der Waals surface area contributed by atoms with Gasteiger partial charge in [0, 0.05) is 18.1 Å². The summed E-state index contributed by atoms with van der Waals surface area (Å²) in [6.07, 6.45) is 6.96. The molecule has 2 nitrogen and oxygen atoms in total. The van der Waals surface area contributed by atoms with Crippen LogP contribution >= 0.6 is 0 Å². The number of likely N-dealkylation sites (tertiary alicyclic amines) is 1. The van der Waals surface area contributed by atoms with Crippen LogP contribution in [0.25, 0.3) is 0 Å². The van der Waals surface area contributed by atoms with Gasteiger partial charge in [-0.15, -0.1) is 0 Å². The molecule has 0 spiro atoms. The Morgan fingerprint density at radius 2 is 2.00 bits per heavy atom. The second-order valence-electron chi connectivity index (χ2n) is 6.13. The first-order valence-electron chi connectivity index (χ1n) is 7.17. The Balaban J connectivity index is 1.91. The molecule has 2 fully saturated rings. The standard InChI is InChI=1S/C14H28N2/c1-11(2)10-12(3)16-9-5-7-14(16)13-6-4-8-15-13/h11-15H,4-10H2,1-3H3. The van der Waals surface area contributed by atoms with Crippen molar-refractivity contribution in [2.75, 3.05) is 13.1 Å². The van der Waals surface area contributed by atoms with Gasteiger partial charge >= 0.3 is 0 Å². The van der Waals surface area contributed by atoms with E-state index >= 15 is 0 Å². The van der Waals surface area contributed by atoms with Gasteiger partial charge in [-0.3, -0.25) is 4.90 Å². The van der Waals surface area contributed by atoms with E-state index in [0.717, 1.165) is 24.0 Å². The Bertz CT molecular complexity index is 209. The van der Waals surface area contributed by atoms with E-state index in [1.807, 2.05) is 0 Å². The minimum absolute atomic E-state index is 0.773. The second kappa shape index (κ2) is 5.50. The smallest absolute Gasteiger partial charge is 0.0252 e. The van der Waals surface area contributed by atoms with Crippen molar-refractivity contribution in [2.45, 2.75) is 71.0 Å². The van der Waals surface area contributed by atoms with E-state index in [4.69, 9.17) is 0 Å². The Morgan fingerprint density at radius 3 is 2.62 bits per heavy atom. The maximum absolute atomic E-state index is 3.70. The lowest BCUT2D eigenvalue weighted by atomic mass is 9.99. The zero-order valence-corrected chi connectivity index (χ0v) is 11.2. The van der Waals surface area contributed by atoms with Crippen molar-refractivity contribution in [3.63, 3.8) is 0 Å². The van der Waals surface area contributed by atoms with Crippen molar-refractivity contribution in [1.82, 2.24) is 10.2 Å². The number of nitrogens with zero attached hydrogens (tertiary/aromatic N) is 1. The minimum Gasteiger partial charge on any atom is -0.312 e. The number of rotatable bonds is 4. The van der Waals surface area contributed by atoms with Crippen molar-refractivity contribution in [2.24, 2.45) is 5.92 Å². The first kappa shape index (κ1) is 12.4. The van der Waals surface area contributed by atoms with E-state index in [9.17, 15) is 0 Å². The van der Waals surface area contributed by atoms with Gasteiger partial charge in [0.05, 0.1) is 0 Å². The first-order valence-corrected chi connectivity index (χ1v) is 7.17. The third kappa shape index (κ3) is 2.78. The normalized spacial score (nSPS) is 33.8. The largest absolute Gasteiger partial charge is 0.312 e. The molecule has 0 aromatic carbocycles. The lowest BCUT2D eigenvalue weighted by Gasteiger charge is -2.35. The van der Waals surface area contributed by atoms with Gasteiger partial charge in [-0.05, 0) is 58.0 Å². The Hall–Kier alpha value is -0.0800. The molecule has 0 amide bonds. The van der Waals surface area contributed by atoms with E-state index in [2.05, 4.69) is 31.0 Å². The van der Waals surface area contributed by atoms with E-state index in [-0.39, 0.29) is 0 Å². The van der Waals surface area contributed by atoms with Gasteiger partial charge in [-0.2, -0.15) is 0 Å². The van der Waals surface area contributed by atoms with Crippen molar-refractivity contribution in [3.8, 4) is 0 Å². The number of nitrogens with one attached hydrogen (secondary N) is 1. The summed E-state index contributed by atoms with van der Waals surface area (Å²) in [6.45, 7) is 9.68. The van der Waals surface area contributed by atoms with Gasteiger partial charge in [0.15, 0.2) is 0 Å². The first-order chi connectivity index (χ1) is 7.68. The molecule has 2 aliphatic heterocycles. The third-order valence-electron chi connectivity index (χ3n) is 4.28. The lowest BCUT2D eigenvalue weighted by molar-refractivity contribution is 0.146. The molecule has 3 atom stereocenters. The van der Waals surface area contributed by atoms with Crippen molar-refractivity contribution in [3.05, 3.63) is 0 Å². The van der Waals surface area contributed by atoms with Crippen LogP contribution in [0.5, 0.6) is 0 Å². The van der Waals surface area contributed by atoms with Crippen LogP contribution in [-0.4, -0.2) is 36.1 Å². The third-order valence-corrected chi connectivity index (χ3v) is 4.28.